The van der Waals surface area contributed by atoms with Crippen LogP contribution in [-0.2, 0) is 19.4 Å². The minimum atomic E-state index is 0.568. The van der Waals surface area contributed by atoms with Crippen molar-refractivity contribution in [1.29, 1.82) is 5.26 Å². The Labute approximate surface area is 125 Å². The third kappa shape index (κ3) is 2.85. The van der Waals surface area contributed by atoms with Crippen LogP contribution in [-0.4, -0.2) is 7.11 Å². The van der Waals surface area contributed by atoms with Gasteiger partial charge in [0.05, 0.1) is 12.7 Å². The molecule has 0 unspecified atom stereocenters. The molecule has 0 fully saturated rings. The van der Waals surface area contributed by atoms with Crippen molar-refractivity contribution in [2.45, 2.75) is 25.8 Å². The number of hydrogen-bond acceptors (Lipinski definition) is 3. The molecule has 2 aromatic carbocycles. The van der Waals surface area contributed by atoms with E-state index in [4.69, 9.17) is 10.00 Å². The number of nitrogens with one attached hydrogen (secondary N) is 1. The van der Waals surface area contributed by atoms with Gasteiger partial charge in [-0.3, -0.25) is 0 Å². The summed E-state index contributed by atoms with van der Waals surface area (Å²) in [5.41, 5.74) is 5.78. The normalized spacial score (nSPS) is 12.6. The Morgan fingerprint density at radius 3 is 2.81 bits per heavy atom. The van der Waals surface area contributed by atoms with Gasteiger partial charge in [-0.1, -0.05) is 12.1 Å². The van der Waals surface area contributed by atoms with Crippen molar-refractivity contribution < 1.29 is 4.74 Å². The highest BCUT2D eigenvalue weighted by molar-refractivity contribution is 5.51. The van der Waals surface area contributed by atoms with Gasteiger partial charge in [-0.05, 0) is 60.2 Å². The van der Waals surface area contributed by atoms with E-state index < -0.39 is 0 Å². The zero-order valence-corrected chi connectivity index (χ0v) is 12.1. The number of nitrogens with zero attached hydrogens (tertiary/aromatic N) is 1. The van der Waals surface area contributed by atoms with Crippen molar-refractivity contribution in [3.63, 3.8) is 0 Å². The molecular weight excluding hydrogens is 260 g/mol. The van der Waals surface area contributed by atoms with Crippen molar-refractivity contribution in [2.24, 2.45) is 0 Å². The second-order valence-corrected chi connectivity index (χ2v) is 5.34. The summed E-state index contributed by atoms with van der Waals surface area (Å²) in [6.07, 6.45) is 3.67. The minimum absolute atomic E-state index is 0.568. The molecule has 3 rings (SSSR count). The Kier molecular flexibility index (Phi) is 3.79. The van der Waals surface area contributed by atoms with Crippen LogP contribution in [0.4, 0.5) is 5.69 Å². The van der Waals surface area contributed by atoms with Crippen LogP contribution < -0.4 is 10.1 Å². The summed E-state index contributed by atoms with van der Waals surface area (Å²) in [4.78, 5) is 0. The van der Waals surface area contributed by atoms with Crippen LogP contribution >= 0.6 is 0 Å². The van der Waals surface area contributed by atoms with Gasteiger partial charge in [0.1, 0.15) is 11.8 Å². The van der Waals surface area contributed by atoms with Crippen molar-refractivity contribution >= 4 is 5.69 Å². The Morgan fingerprint density at radius 2 is 2.00 bits per heavy atom. The third-order valence-corrected chi connectivity index (χ3v) is 3.98. The number of nitriles is 1. The minimum Gasteiger partial charge on any atom is -0.495 e. The second-order valence-electron chi connectivity index (χ2n) is 5.34. The molecular formula is C18H18N2O. The first kappa shape index (κ1) is 13.5. The van der Waals surface area contributed by atoms with E-state index in [-0.39, 0.29) is 0 Å². The van der Waals surface area contributed by atoms with E-state index in [1.807, 2.05) is 12.1 Å². The van der Waals surface area contributed by atoms with E-state index in [0.717, 1.165) is 17.8 Å². The number of aryl methyl sites for hydroxylation is 2. The average Bonchev–Trinajstić information content (AvgIpc) is 3.00. The molecule has 0 bridgehead atoms. The molecule has 1 aliphatic carbocycles. The topological polar surface area (TPSA) is 45.0 Å². The molecule has 0 saturated carbocycles. The average molecular weight is 278 g/mol. The number of anilines is 1. The summed E-state index contributed by atoms with van der Waals surface area (Å²) >= 11 is 0. The number of fused-ring (bicyclic) bond motifs is 1. The van der Waals surface area contributed by atoms with Crippen LogP contribution in [0.25, 0.3) is 0 Å². The number of methoxy groups -OCH3 is 1. The smallest absolute Gasteiger partial charge is 0.136 e. The monoisotopic (exact) mass is 278 g/mol. The zero-order chi connectivity index (χ0) is 14.7. The molecule has 21 heavy (non-hydrogen) atoms. The largest absolute Gasteiger partial charge is 0.495 e. The molecule has 0 radical (unpaired) electrons. The van der Waals surface area contributed by atoms with E-state index in [2.05, 4.69) is 29.6 Å². The van der Waals surface area contributed by atoms with Gasteiger partial charge in [0.25, 0.3) is 0 Å². The Hall–Kier alpha value is -2.47. The van der Waals surface area contributed by atoms with Crippen molar-refractivity contribution in [3.05, 3.63) is 58.7 Å². The first-order valence-corrected chi connectivity index (χ1v) is 7.23. The highest BCUT2D eigenvalue weighted by Crippen LogP contribution is 2.25. The maximum Gasteiger partial charge on any atom is 0.136 e. The van der Waals surface area contributed by atoms with Gasteiger partial charge in [0.15, 0.2) is 0 Å². The summed E-state index contributed by atoms with van der Waals surface area (Å²) in [6, 6.07) is 14.4. The van der Waals surface area contributed by atoms with Gasteiger partial charge in [0, 0.05) is 12.2 Å². The van der Waals surface area contributed by atoms with Gasteiger partial charge in [-0.25, -0.2) is 0 Å². The maximum absolute atomic E-state index is 8.99. The molecule has 1 N–H and O–H groups in total. The molecule has 0 aromatic heterocycles. The molecule has 106 valence electrons. The molecule has 0 saturated heterocycles. The second kappa shape index (κ2) is 5.88. The van der Waals surface area contributed by atoms with E-state index in [9.17, 15) is 0 Å². The summed E-state index contributed by atoms with van der Waals surface area (Å²) in [7, 11) is 1.59. The molecule has 0 atom stereocenters. The fraction of sp³-hybridized carbons (Fsp3) is 0.278. The summed E-state index contributed by atoms with van der Waals surface area (Å²) < 4.78 is 5.24. The summed E-state index contributed by atoms with van der Waals surface area (Å²) in [5.74, 6) is 0.630. The highest BCUT2D eigenvalue weighted by Gasteiger charge is 2.10. The van der Waals surface area contributed by atoms with E-state index in [1.54, 1.807) is 13.2 Å². The molecule has 0 aliphatic heterocycles. The number of rotatable bonds is 4. The Morgan fingerprint density at radius 1 is 1.14 bits per heavy atom. The van der Waals surface area contributed by atoms with E-state index in [1.165, 1.54) is 30.4 Å². The number of ether oxygens (including phenoxy) is 1. The quantitative estimate of drug-likeness (QED) is 0.928. The highest BCUT2D eigenvalue weighted by atomic mass is 16.5. The molecule has 0 spiro atoms. The van der Waals surface area contributed by atoms with Crippen LogP contribution in [0, 0.1) is 11.3 Å². The molecule has 3 heteroatoms. The number of benzene rings is 2. The lowest BCUT2D eigenvalue weighted by Crippen LogP contribution is -2.01. The van der Waals surface area contributed by atoms with Crippen LogP contribution in [0.5, 0.6) is 5.75 Å². The van der Waals surface area contributed by atoms with E-state index >= 15 is 0 Å². The zero-order valence-electron chi connectivity index (χ0n) is 12.1. The Bertz CT molecular complexity index is 701. The molecule has 0 heterocycles. The summed E-state index contributed by atoms with van der Waals surface area (Å²) in [6.45, 7) is 0.723. The maximum atomic E-state index is 8.99. The molecule has 3 nitrogen and oxygen atoms in total. The first-order valence-electron chi connectivity index (χ1n) is 7.23. The Balaban J connectivity index is 1.72. The van der Waals surface area contributed by atoms with Crippen LogP contribution in [0.2, 0.25) is 0 Å². The van der Waals surface area contributed by atoms with Gasteiger partial charge >= 0.3 is 0 Å². The fourth-order valence-corrected chi connectivity index (χ4v) is 2.82. The molecule has 0 amide bonds. The predicted molar refractivity (Wildman–Crippen MR) is 83.5 cm³/mol. The van der Waals surface area contributed by atoms with Gasteiger partial charge in [-0.15, -0.1) is 0 Å². The summed E-state index contributed by atoms with van der Waals surface area (Å²) in [5, 5.41) is 12.4. The lowest BCUT2D eigenvalue weighted by molar-refractivity contribution is 0.413. The SMILES string of the molecule is COc1cc(CNc2ccc3c(c2)CCC3)ccc1C#N. The lowest BCUT2D eigenvalue weighted by atomic mass is 10.1. The number of hydrogen-bond donors (Lipinski definition) is 1. The molecule has 1 aliphatic rings. The predicted octanol–water partition coefficient (Wildman–Crippen LogP) is 3.67. The molecule has 2 aromatic rings. The van der Waals surface area contributed by atoms with Gasteiger partial charge in [0.2, 0.25) is 0 Å². The van der Waals surface area contributed by atoms with Crippen LogP contribution in [0.1, 0.15) is 28.7 Å². The van der Waals surface area contributed by atoms with Gasteiger partial charge in [-0.2, -0.15) is 5.26 Å². The third-order valence-electron chi connectivity index (χ3n) is 3.98. The fourth-order valence-electron chi connectivity index (χ4n) is 2.82. The standard InChI is InChI=1S/C18H18N2O/c1-21-18-9-13(5-6-16(18)11-19)12-20-17-8-7-14-3-2-4-15(14)10-17/h5-10,20H,2-4,12H2,1H3. The van der Waals surface area contributed by atoms with Crippen molar-refractivity contribution in [3.8, 4) is 11.8 Å². The van der Waals surface area contributed by atoms with Gasteiger partial charge < -0.3 is 10.1 Å². The lowest BCUT2D eigenvalue weighted by Gasteiger charge is -2.10. The van der Waals surface area contributed by atoms with Crippen LogP contribution in [0.15, 0.2) is 36.4 Å². The van der Waals surface area contributed by atoms with Crippen molar-refractivity contribution in [1.82, 2.24) is 0 Å². The first-order chi connectivity index (χ1) is 10.3. The van der Waals surface area contributed by atoms with E-state index in [0.29, 0.717) is 11.3 Å². The van der Waals surface area contributed by atoms with Crippen molar-refractivity contribution in [2.75, 3.05) is 12.4 Å². The van der Waals surface area contributed by atoms with Crippen LogP contribution in [0.3, 0.4) is 0 Å².